The van der Waals surface area contributed by atoms with Crippen LogP contribution in [0.25, 0.3) is 0 Å². The molecule has 548 valence electrons. The van der Waals surface area contributed by atoms with Crippen LogP contribution in [0.15, 0.2) is 30.3 Å². The van der Waals surface area contributed by atoms with E-state index in [0.29, 0.717) is 0 Å². The first-order valence-electron chi connectivity index (χ1n) is 29.5. The number of fused-ring (bicyclic) bond motifs is 1. The molecule has 5 rings (SSSR count). The molecule has 2 saturated heterocycles. The summed E-state index contributed by atoms with van der Waals surface area (Å²) in [6, 6.07) is 5.00. The van der Waals surface area contributed by atoms with Crippen LogP contribution < -0.4 is 18.3 Å². The van der Waals surface area contributed by atoms with E-state index in [1.165, 1.54) is 125 Å². The van der Waals surface area contributed by atoms with Crippen molar-refractivity contribution >= 4 is 66.0 Å². The lowest BCUT2D eigenvalue weighted by Gasteiger charge is -2.46. The Bertz CT molecular complexity index is 3290. The van der Waals surface area contributed by atoms with Crippen molar-refractivity contribution in [2.75, 3.05) is 6.61 Å². The van der Waals surface area contributed by atoms with Gasteiger partial charge in [-0.3, -0.25) is 36.7 Å². The summed E-state index contributed by atoms with van der Waals surface area (Å²) in [6.07, 6.45) is -37.3. The molecule has 2 aromatic carbocycles. The van der Waals surface area contributed by atoms with Crippen molar-refractivity contribution < 1.29 is 171 Å². The molecule has 6 N–H and O–H groups in total. The average Bonchev–Trinajstić information content (AvgIpc) is 0.751. The Morgan fingerprint density at radius 3 is 1.31 bits per heavy atom. The Labute approximate surface area is 557 Å². The van der Waals surface area contributed by atoms with Crippen molar-refractivity contribution in [3.8, 4) is 28.7 Å². The number of ether oxygens (including phenoxy) is 11. The second-order valence-corrected chi connectivity index (χ2v) is 32.0. The third-order valence-corrected chi connectivity index (χ3v) is 17.7. The monoisotopic (exact) mass is 1450 g/mol. The maximum absolute atomic E-state index is 15.7. The molecule has 0 amide bonds. The summed E-state index contributed by atoms with van der Waals surface area (Å²) in [4.78, 5) is 89.9. The van der Waals surface area contributed by atoms with Crippen molar-refractivity contribution in [3.05, 3.63) is 41.5 Å². The summed E-state index contributed by atoms with van der Waals surface area (Å²) in [5.74, 6) is -5.94. The second kappa shape index (κ2) is 30.4. The normalized spacial score (nSPS) is 24.5. The lowest BCUT2D eigenvalue weighted by Crippen LogP contribution is -2.65. The number of aromatic hydroxyl groups is 1. The van der Waals surface area contributed by atoms with Gasteiger partial charge in [0.25, 0.3) is 0 Å². The van der Waals surface area contributed by atoms with Gasteiger partial charge in [0.2, 0.25) is 5.78 Å². The van der Waals surface area contributed by atoms with Gasteiger partial charge in [-0.05, 0) is 149 Å². The first-order valence-corrected chi connectivity index (χ1v) is 33.9. The third-order valence-electron chi connectivity index (χ3n) is 11.8. The Balaban J connectivity index is 1.85. The number of phenolic OH excluding ortho intramolecular Hbond substituents is 1. The van der Waals surface area contributed by atoms with Crippen LogP contribution in [0.4, 0.5) is 24.0 Å². The van der Waals surface area contributed by atoms with E-state index in [9.17, 15) is 68.5 Å². The molecule has 97 heavy (non-hydrogen) atoms. The number of carbonyl (C=O) groups is 7. The number of Topliss-reactive ketones (excluding diaryl/α,β-unsaturated/α-hetero) is 1. The number of rotatable bonds is 24. The summed E-state index contributed by atoms with van der Waals surface area (Å²) in [5, 5.41) is 61.2. The van der Waals surface area contributed by atoms with Crippen molar-refractivity contribution in [3.63, 3.8) is 0 Å². The molecule has 36 nitrogen and oxygen atoms in total. The molecule has 12 atom stereocenters. The van der Waals surface area contributed by atoms with Crippen LogP contribution >= 0.6 is 23.5 Å². The second-order valence-electron chi connectivity index (χ2n) is 27.7. The van der Waals surface area contributed by atoms with E-state index in [1.54, 1.807) is 0 Å². The summed E-state index contributed by atoms with van der Waals surface area (Å²) < 4.78 is 159. The van der Waals surface area contributed by atoms with Gasteiger partial charge >= 0.3 is 60.2 Å². The van der Waals surface area contributed by atoms with Gasteiger partial charge in [-0.1, -0.05) is 6.07 Å². The quantitative estimate of drug-likeness (QED) is 0.0323. The zero-order valence-electron chi connectivity index (χ0n) is 56.8. The van der Waals surface area contributed by atoms with Crippen LogP contribution in [0.1, 0.15) is 161 Å². The first kappa shape index (κ1) is 80.9. The minimum atomic E-state index is -5.00. The van der Waals surface area contributed by atoms with Gasteiger partial charge in [-0.25, -0.2) is 37.7 Å². The molecule has 0 saturated carbocycles. The lowest BCUT2D eigenvalue weighted by atomic mass is 9.92. The van der Waals surface area contributed by atoms with Gasteiger partial charge in [0, 0.05) is 19.1 Å². The minimum Gasteiger partial charge on any atom is -0.507 e. The maximum atomic E-state index is 15.7. The largest absolute Gasteiger partial charge is 0.531 e. The van der Waals surface area contributed by atoms with Crippen molar-refractivity contribution in [1.82, 2.24) is 0 Å². The predicted molar refractivity (Wildman–Crippen MR) is 326 cm³/mol. The molecule has 2 fully saturated rings. The molecular weight excluding hydrogens is 1370 g/mol. The minimum absolute atomic E-state index is 0.321. The summed E-state index contributed by atoms with van der Waals surface area (Å²) in [6.45, 7) is 28.1. The van der Waals surface area contributed by atoms with Crippen molar-refractivity contribution in [1.29, 1.82) is 0 Å². The van der Waals surface area contributed by atoms with E-state index >= 15 is 9.36 Å². The number of phenols is 1. The van der Waals surface area contributed by atoms with E-state index in [-0.39, 0.29) is 5.56 Å². The van der Waals surface area contributed by atoms with E-state index in [1.807, 2.05) is 0 Å². The number of phosphoric ester groups is 3. The number of carboxylic acid groups (broad SMARTS) is 5. The average molecular weight is 1450 g/mol. The van der Waals surface area contributed by atoms with Crippen LogP contribution in [0.5, 0.6) is 28.7 Å². The standard InChI is InChI=1S/C58H85O36P3/c1-27-38(81-48(62)63)42(83-50(66)67)44(85-52(70)71)46(76-27)75-26-35-40(82-49(64)65)43(84-51(68)69)45(77-28(2)59)47(79-35)80-41-37(61)36-31(60)24-30(86-95(72,89-53(3,4)5)90-54(6,7)8)25-34(36)78-39(41)29-21-22-32(87-96(73,91-55(9,10)11)92-56(12,13)14)33(23-29)88-97(74,93-57(15,16)17)94-58(18,19)20/h21-25,27,35,38-47,60H,26H2,1-20H3,(H,62,63)(H,64,65)(H,66,67)(H,68,69)(H,70,71)/t27?,35-,38?,39?,40?,41?,42-,43+,44-,45?,46+,47+/m1/s1. The zero-order chi connectivity index (χ0) is 73.9. The molecule has 0 aliphatic carbocycles. The molecule has 0 radical (unpaired) electrons. The number of hydrogen-bond donors (Lipinski definition) is 6. The number of ketones is 1. The van der Waals surface area contributed by atoms with E-state index < -0.39 is 214 Å². The van der Waals surface area contributed by atoms with Crippen molar-refractivity contribution in [2.45, 2.75) is 246 Å². The fourth-order valence-corrected chi connectivity index (χ4v) is 14.9. The Hall–Kier alpha value is -6.78. The number of hydrogen-bond acceptors (Lipinski definition) is 31. The van der Waals surface area contributed by atoms with Crippen LogP contribution in [0.2, 0.25) is 0 Å². The number of carbonyl (C=O) groups excluding carboxylic acids is 2. The summed E-state index contributed by atoms with van der Waals surface area (Å²) in [5.41, 5.74) is -8.68. The molecule has 0 spiro atoms. The van der Waals surface area contributed by atoms with E-state index in [0.717, 1.165) is 44.2 Å². The highest BCUT2D eigenvalue weighted by Crippen LogP contribution is 2.62. The topological polar surface area (TPSA) is 477 Å². The van der Waals surface area contributed by atoms with Gasteiger partial charge in [-0.15, -0.1) is 0 Å². The summed E-state index contributed by atoms with van der Waals surface area (Å²) >= 11 is 0. The van der Waals surface area contributed by atoms with Crippen LogP contribution in [-0.2, 0) is 93.0 Å². The Kier molecular flexibility index (Phi) is 25.3. The molecule has 0 bridgehead atoms. The van der Waals surface area contributed by atoms with Crippen LogP contribution in [-0.4, -0.2) is 181 Å². The SMILES string of the molecule is CC(=O)OC1[C@H](OC2C(=O)c3c(O)cc(OP(=O)(OC(C)(C)C)OC(C)(C)C)cc3OC2c2ccc(OP(=O)(OC(C)(C)C)OC(C)(C)C)c(OP(=O)(OC(C)(C)C)OC(C)(C)C)c2)O[C@H](CO[C@H]2OC(C)C(OC(=O)O)[C@@H](OC(=O)O)[C@H]2OC(=O)O)C(OC(=O)O)[C@@H]1OC(=O)O. The van der Waals surface area contributed by atoms with E-state index in [4.69, 9.17) is 92.8 Å². The number of esters is 1. The molecule has 3 aliphatic heterocycles. The molecular formula is C58H85O36P3. The molecule has 2 aromatic rings. The van der Waals surface area contributed by atoms with Gasteiger partial charge < -0.3 is 96.3 Å². The molecule has 3 heterocycles. The molecule has 3 aliphatic rings. The maximum Gasteiger partial charge on any atom is 0.531 e. The molecule has 39 heteroatoms. The highest BCUT2D eigenvalue weighted by Gasteiger charge is 2.58. The number of benzene rings is 2. The molecule has 6 unspecified atom stereocenters. The zero-order valence-corrected chi connectivity index (χ0v) is 59.5. The molecule has 0 aromatic heterocycles. The lowest BCUT2D eigenvalue weighted by molar-refractivity contribution is -0.334. The van der Waals surface area contributed by atoms with Gasteiger partial charge in [-0.2, -0.15) is 0 Å². The van der Waals surface area contributed by atoms with E-state index in [2.05, 4.69) is 0 Å². The number of phosphoric acid groups is 3. The fraction of sp³-hybridized carbons (Fsp3) is 0.672. The smallest absolute Gasteiger partial charge is 0.507 e. The van der Waals surface area contributed by atoms with Gasteiger partial charge in [0.05, 0.1) is 46.3 Å². The van der Waals surface area contributed by atoms with Crippen LogP contribution in [0.3, 0.4) is 0 Å². The van der Waals surface area contributed by atoms with Crippen molar-refractivity contribution in [2.24, 2.45) is 0 Å². The van der Waals surface area contributed by atoms with Gasteiger partial charge in [0.1, 0.15) is 28.9 Å². The highest BCUT2D eigenvalue weighted by atomic mass is 31.2. The first-order chi connectivity index (χ1) is 43.9. The third kappa shape index (κ3) is 24.6. The van der Waals surface area contributed by atoms with Crippen LogP contribution in [0, 0.1) is 0 Å². The fourth-order valence-electron chi connectivity index (χ4n) is 9.38. The highest BCUT2D eigenvalue weighted by molar-refractivity contribution is 7.49. The predicted octanol–water partition coefficient (Wildman–Crippen LogP) is 12.2. The van der Waals surface area contributed by atoms with Gasteiger partial charge in [0.15, 0.2) is 72.9 Å². The Morgan fingerprint density at radius 1 is 0.485 bits per heavy atom. The Morgan fingerprint density at radius 2 is 0.876 bits per heavy atom. The summed E-state index contributed by atoms with van der Waals surface area (Å²) in [7, 11) is -14.6.